The number of benzene rings is 4. The minimum atomic E-state index is 0. The molecule has 0 fully saturated rings. The Labute approximate surface area is 182 Å². The van der Waals surface area contributed by atoms with E-state index in [1.807, 2.05) is 36.5 Å². The van der Waals surface area contributed by atoms with Gasteiger partial charge in [0.1, 0.15) is 0 Å². The molecule has 0 atom stereocenters. The maximum atomic E-state index is 4.44. The summed E-state index contributed by atoms with van der Waals surface area (Å²) in [5.74, 6) is 0. The maximum absolute atomic E-state index is 4.44. The van der Waals surface area contributed by atoms with Crippen molar-refractivity contribution in [3.63, 3.8) is 0 Å². The van der Waals surface area contributed by atoms with Crippen molar-refractivity contribution in [3.05, 3.63) is 114 Å². The number of rotatable bonds is 5. The number of nitrogens with one attached hydrogen (secondary N) is 1. The van der Waals surface area contributed by atoms with Crippen molar-refractivity contribution in [2.75, 3.05) is 5.43 Å². The zero-order chi connectivity index (χ0) is 19.5. The first-order valence-corrected chi connectivity index (χ1v) is 9.77. The summed E-state index contributed by atoms with van der Waals surface area (Å²) in [6, 6.07) is 33.5. The molecule has 4 heteroatoms. The highest BCUT2D eigenvalue weighted by atomic mass is 35.5. The van der Waals surface area contributed by atoms with Crippen LogP contribution in [0.1, 0.15) is 11.1 Å². The van der Waals surface area contributed by atoms with Gasteiger partial charge in [-0.1, -0.05) is 78.9 Å². The topological polar surface area (TPSA) is 29.3 Å². The number of halogens is 1. The number of hydrazone groups is 1. The second-order valence-corrected chi connectivity index (χ2v) is 7.10. The van der Waals surface area contributed by atoms with Crippen LogP contribution in [0.15, 0.2) is 108 Å². The molecule has 0 aliphatic rings. The van der Waals surface area contributed by atoms with Crippen LogP contribution in [-0.4, -0.2) is 10.8 Å². The van der Waals surface area contributed by atoms with Crippen LogP contribution in [0.4, 0.5) is 5.69 Å². The lowest BCUT2D eigenvalue weighted by Gasteiger charge is -2.09. The molecule has 0 unspecified atom stereocenters. The number of fused-ring (bicyclic) bond motifs is 2. The Morgan fingerprint density at radius 2 is 1.43 bits per heavy atom. The molecule has 0 saturated heterocycles. The average Bonchev–Trinajstić information content (AvgIpc) is 3.12. The van der Waals surface area contributed by atoms with Crippen LogP contribution in [0, 0.1) is 0 Å². The third-order valence-corrected chi connectivity index (χ3v) is 5.21. The van der Waals surface area contributed by atoms with Crippen LogP contribution in [0.2, 0.25) is 0 Å². The molecule has 0 bridgehead atoms. The van der Waals surface area contributed by atoms with E-state index in [-0.39, 0.29) is 12.4 Å². The summed E-state index contributed by atoms with van der Waals surface area (Å²) in [6.07, 6.45) is 4.08. The molecule has 1 N–H and O–H groups in total. The van der Waals surface area contributed by atoms with Gasteiger partial charge in [-0.05, 0) is 34.5 Å². The zero-order valence-electron chi connectivity index (χ0n) is 16.4. The Kier molecular flexibility index (Phi) is 5.82. The first-order chi connectivity index (χ1) is 14.4. The Morgan fingerprint density at radius 3 is 2.30 bits per heavy atom. The van der Waals surface area contributed by atoms with Gasteiger partial charge in [0.25, 0.3) is 0 Å². The molecule has 148 valence electrons. The molecule has 3 nitrogen and oxygen atoms in total. The van der Waals surface area contributed by atoms with Crippen LogP contribution in [0.3, 0.4) is 0 Å². The fourth-order valence-corrected chi connectivity index (χ4v) is 3.81. The highest BCUT2D eigenvalue weighted by molar-refractivity contribution is 5.99. The largest absolute Gasteiger partial charge is 0.342 e. The molecule has 0 saturated carbocycles. The highest BCUT2D eigenvalue weighted by Gasteiger charge is 2.08. The summed E-state index contributed by atoms with van der Waals surface area (Å²) in [6.45, 7) is 0.821. The van der Waals surface area contributed by atoms with E-state index < -0.39 is 0 Å². The molecular formula is C26H22ClN3. The summed E-state index contributed by atoms with van der Waals surface area (Å²) >= 11 is 0. The fourth-order valence-electron chi connectivity index (χ4n) is 3.81. The molecule has 0 amide bonds. The Balaban J connectivity index is 0.00000218. The molecule has 0 aliphatic heterocycles. The molecule has 1 heterocycles. The van der Waals surface area contributed by atoms with E-state index >= 15 is 0 Å². The Hall–Kier alpha value is -3.56. The van der Waals surface area contributed by atoms with Crippen molar-refractivity contribution in [1.82, 2.24) is 4.57 Å². The highest BCUT2D eigenvalue weighted by Crippen LogP contribution is 2.24. The number of nitrogens with zero attached hydrogens (tertiary/aromatic N) is 2. The van der Waals surface area contributed by atoms with Crippen molar-refractivity contribution < 1.29 is 0 Å². The lowest BCUT2D eigenvalue weighted by molar-refractivity contribution is 0.842. The van der Waals surface area contributed by atoms with Gasteiger partial charge in [-0.3, -0.25) is 5.43 Å². The van der Waals surface area contributed by atoms with Gasteiger partial charge in [0, 0.05) is 29.2 Å². The van der Waals surface area contributed by atoms with Crippen molar-refractivity contribution in [2.45, 2.75) is 6.54 Å². The molecule has 0 aliphatic carbocycles. The van der Waals surface area contributed by atoms with E-state index in [9.17, 15) is 0 Å². The van der Waals surface area contributed by atoms with Crippen molar-refractivity contribution in [2.24, 2.45) is 5.10 Å². The van der Waals surface area contributed by atoms with Crippen LogP contribution in [0.25, 0.3) is 21.7 Å². The summed E-state index contributed by atoms with van der Waals surface area (Å²) < 4.78 is 2.31. The van der Waals surface area contributed by atoms with Crippen molar-refractivity contribution >= 4 is 46.0 Å². The lowest BCUT2D eigenvalue weighted by Crippen LogP contribution is -1.98. The summed E-state index contributed by atoms with van der Waals surface area (Å²) in [7, 11) is 0. The van der Waals surface area contributed by atoms with Crippen LogP contribution in [-0.2, 0) is 6.54 Å². The number of hydrogen-bond donors (Lipinski definition) is 1. The first-order valence-electron chi connectivity index (χ1n) is 9.77. The smallest absolute Gasteiger partial charge is 0.0566 e. The quantitative estimate of drug-likeness (QED) is 0.252. The summed E-state index contributed by atoms with van der Waals surface area (Å²) in [5, 5.41) is 8.22. The van der Waals surface area contributed by atoms with Crippen molar-refractivity contribution in [3.8, 4) is 0 Å². The first kappa shape index (κ1) is 19.7. The SMILES string of the molecule is C(=N\Nc1ccccc1)/c1cn(Cc2cccc3ccccc23)c2ccccc12.Cl. The minimum absolute atomic E-state index is 0. The molecule has 5 aromatic rings. The Morgan fingerprint density at radius 1 is 0.733 bits per heavy atom. The van der Waals surface area contributed by atoms with E-state index in [1.165, 1.54) is 27.2 Å². The predicted molar refractivity (Wildman–Crippen MR) is 130 cm³/mol. The van der Waals surface area contributed by atoms with Gasteiger partial charge in [0.2, 0.25) is 0 Å². The molecule has 5 rings (SSSR count). The molecule has 1 aromatic heterocycles. The zero-order valence-corrected chi connectivity index (χ0v) is 17.2. The molecule has 30 heavy (non-hydrogen) atoms. The van der Waals surface area contributed by atoms with Gasteiger partial charge in [-0.15, -0.1) is 12.4 Å². The van der Waals surface area contributed by atoms with Crippen LogP contribution in [0.5, 0.6) is 0 Å². The third-order valence-electron chi connectivity index (χ3n) is 5.21. The van der Waals surface area contributed by atoms with E-state index in [2.05, 4.69) is 88.0 Å². The Bertz CT molecular complexity index is 1300. The number of anilines is 1. The number of para-hydroxylation sites is 2. The minimum Gasteiger partial charge on any atom is -0.342 e. The molecule has 4 aromatic carbocycles. The second kappa shape index (κ2) is 8.85. The summed E-state index contributed by atoms with van der Waals surface area (Å²) in [4.78, 5) is 0. The predicted octanol–water partition coefficient (Wildman–Crippen LogP) is 6.71. The number of aromatic nitrogens is 1. The van der Waals surface area contributed by atoms with E-state index in [0.29, 0.717) is 0 Å². The molecule has 0 spiro atoms. The van der Waals surface area contributed by atoms with E-state index in [4.69, 9.17) is 0 Å². The van der Waals surface area contributed by atoms with Gasteiger partial charge >= 0.3 is 0 Å². The summed E-state index contributed by atoms with van der Waals surface area (Å²) in [5.41, 5.74) is 7.70. The normalized spacial score (nSPS) is 11.1. The van der Waals surface area contributed by atoms with Gasteiger partial charge in [-0.2, -0.15) is 5.10 Å². The third kappa shape index (κ3) is 3.93. The maximum Gasteiger partial charge on any atom is 0.0566 e. The molecular weight excluding hydrogens is 390 g/mol. The monoisotopic (exact) mass is 411 g/mol. The van der Waals surface area contributed by atoms with Crippen molar-refractivity contribution in [1.29, 1.82) is 0 Å². The fraction of sp³-hybridized carbons (Fsp3) is 0.0385. The second-order valence-electron chi connectivity index (χ2n) is 7.10. The van der Waals surface area contributed by atoms with Gasteiger partial charge in [-0.25, -0.2) is 0 Å². The van der Waals surface area contributed by atoms with Gasteiger partial charge < -0.3 is 4.57 Å². The van der Waals surface area contributed by atoms with Crippen LogP contribution < -0.4 is 5.43 Å². The standard InChI is InChI=1S/C26H21N3.ClH/c1-2-12-23(13-3-1)28-27-17-22-19-29(26-16-7-6-15-25(22)26)18-21-11-8-10-20-9-4-5-14-24(20)21;/h1-17,19,28H,18H2;1H/b27-17+;. The van der Waals surface area contributed by atoms with Gasteiger partial charge in [0.15, 0.2) is 0 Å². The van der Waals surface area contributed by atoms with Gasteiger partial charge in [0.05, 0.1) is 11.9 Å². The van der Waals surface area contributed by atoms with E-state index in [0.717, 1.165) is 17.8 Å². The van der Waals surface area contributed by atoms with Crippen LogP contribution >= 0.6 is 12.4 Å². The van der Waals surface area contributed by atoms with E-state index in [1.54, 1.807) is 0 Å². The average molecular weight is 412 g/mol. The number of hydrogen-bond acceptors (Lipinski definition) is 2. The lowest BCUT2D eigenvalue weighted by atomic mass is 10.0. The molecule has 0 radical (unpaired) electrons.